The fraction of sp³-hybridized carbons (Fsp3) is 0.786. The first-order valence-corrected chi connectivity index (χ1v) is 12.8. The molecule has 4 saturated carbocycles. The van der Waals surface area contributed by atoms with Crippen molar-refractivity contribution in [1.82, 2.24) is 4.98 Å². The molecule has 0 radical (unpaired) electrons. The maximum Gasteiger partial charge on any atom is 0.101 e. The summed E-state index contributed by atoms with van der Waals surface area (Å²) in [7, 11) is 0. The number of nitrogens with zero attached hydrogens (tertiary/aromatic N) is 2. The van der Waals surface area contributed by atoms with Crippen molar-refractivity contribution >= 4 is 0 Å². The van der Waals surface area contributed by atoms with Gasteiger partial charge in [-0.1, -0.05) is 27.2 Å². The quantitative estimate of drug-likeness (QED) is 0.542. The first kappa shape index (κ1) is 20.5. The predicted molar refractivity (Wildman–Crippen MR) is 122 cm³/mol. The second-order valence-electron chi connectivity index (χ2n) is 12.0. The lowest BCUT2D eigenvalue weighted by Gasteiger charge is -2.56. The molecule has 1 heterocycles. The van der Waals surface area contributed by atoms with Crippen LogP contribution in [0.25, 0.3) is 0 Å². The van der Waals surface area contributed by atoms with Crippen LogP contribution in [-0.4, -0.2) is 4.98 Å². The molecule has 3 unspecified atom stereocenters. The summed E-state index contributed by atoms with van der Waals surface area (Å²) < 4.78 is 0. The molecule has 9 atom stereocenters. The van der Waals surface area contributed by atoms with Crippen molar-refractivity contribution in [3.05, 3.63) is 29.6 Å². The van der Waals surface area contributed by atoms with E-state index in [1.807, 2.05) is 6.20 Å². The number of fused-ring (bicyclic) bond motifs is 5. The summed E-state index contributed by atoms with van der Waals surface area (Å²) in [4.78, 5) is 4.31. The summed E-state index contributed by atoms with van der Waals surface area (Å²) in [6.07, 6.45) is 18.2. The van der Waals surface area contributed by atoms with Gasteiger partial charge in [0.25, 0.3) is 0 Å². The Morgan fingerprint density at radius 2 is 1.90 bits per heavy atom. The summed E-state index contributed by atoms with van der Waals surface area (Å²) >= 11 is 0. The van der Waals surface area contributed by atoms with Gasteiger partial charge in [0, 0.05) is 12.4 Å². The number of pyridine rings is 1. The third kappa shape index (κ3) is 3.41. The number of hydrogen-bond donors (Lipinski definition) is 0. The van der Waals surface area contributed by atoms with E-state index < -0.39 is 0 Å². The molecule has 0 spiro atoms. The Balaban J connectivity index is 1.31. The lowest BCUT2D eigenvalue weighted by molar-refractivity contribution is -0.0727. The first-order chi connectivity index (χ1) is 14.5. The van der Waals surface area contributed by atoms with Crippen LogP contribution in [0.15, 0.2) is 18.5 Å². The van der Waals surface area contributed by atoms with Crippen molar-refractivity contribution in [2.75, 3.05) is 0 Å². The average molecular weight is 405 g/mol. The van der Waals surface area contributed by atoms with Gasteiger partial charge in [-0.25, -0.2) is 0 Å². The highest BCUT2D eigenvalue weighted by atomic mass is 14.6. The van der Waals surface area contributed by atoms with Crippen LogP contribution in [-0.2, 0) is 6.42 Å². The zero-order valence-corrected chi connectivity index (χ0v) is 19.3. The van der Waals surface area contributed by atoms with Gasteiger partial charge in [0.15, 0.2) is 0 Å². The second-order valence-corrected chi connectivity index (χ2v) is 12.0. The number of nitriles is 1. The largest absolute Gasteiger partial charge is 0.263 e. The van der Waals surface area contributed by atoms with Gasteiger partial charge in [-0.15, -0.1) is 0 Å². The molecule has 5 rings (SSSR count). The van der Waals surface area contributed by atoms with Crippen LogP contribution < -0.4 is 0 Å². The van der Waals surface area contributed by atoms with Crippen molar-refractivity contribution in [2.24, 2.45) is 52.8 Å². The van der Waals surface area contributed by atoms with E-state index in [4.69, 9.17) is 0 Å². The monoisotopic (exact) mass is 404 g/mol. The van der Waals surface area contributed by atoms with Crippen LogP contribution in [0.4, 0.5) is 0 Å². The van der Waals surface area contributed by atoms with Crippen molar-refractivity contribution in [3.63, 3.8) is 0 Å². The summed E-state index contributed by atoms with van der Waals surface area (Å²) in [6, 6.07) is 4.31. The van der Waals surface area contributed by atoms with Crippen LogP contribution in [0.1, 0.15) is 89.7 Å². The van der Waals surface area contributed by atoms with E-state index in [9.17, 15) is 5.26 Å². The Bertz CT molecular complexity index is 809. The fourth-order valence-electron chi connectivity index (χ4n) is 9.24. The predicted octanol–water partition coefficient (Wildman–Crippen LogP) is 7.04. The molecule has 30 heavy (non-hydrogen) atoms. The topological polar surface area (TPSA) is 36.7 Å². The van der Waals surface area contributed by atoms with Crippen LogP contribution in [0, 0.1) is 64.1 Å². The summed E-state index contributed by atoms with van der Waals surface area (Å²) in [6.45, 7) is 7.63. The van der Waals surface area contributed by atoms with Crippen molar-refractivity contribution < 1.29 is 0 Å². The maximum absolute atomic E-state index is 9.22. The minimum absolute atomic E-state index is 0.537. The molecule has 1 aromatic rings. The van der Waals surface area contributed by atoms with Gasteiger partial charge in [0.05, 0.1) is 5.56 Å². The van der Waals surface area contributed by atoms with E-state index in [1.54, 1.807) is 6.20 Å². The first-order valence-electron chi connectivity index (χ1n) is 12.8. The van der Waals surface area contributed by atoms with Gasteiger partial charge in [-0.2, -0.15) is 5.26 Å². The van der Waals surface area contributed by atoms with E-state index in [-0.39, 0.29) is 0 Å². The van der Waals surface area contributed by atoms with Crippen molar-refractivity contribution in [1.29, 1.82) is 5.26 Å². The van der Waals surface area contributed by atoms with E-state index in [1.165, 1.54) is 63.4 Å². The highest BCUT2D eigenvalue weighted by Crippen LogP contribution is 2.65. The van der Waals surface area contributed by atoms with Gasteiger partial charge in [0.2, 0.25) is 0 Å². The highest BCUT2D eigenvalue weighted by molar-refractivity contribution is 5.29. The lowest BCUT2D eigenvalue weighted by Crippen LogP contribution is -2.49. The van der Waals surface area contributed by atoms with E-state index in [0.29, 0.717) is 16.9 Å². The zero-order chi connectivity index (χ0) is 20.9. The average Bonchev–Trinajstić information content (AvgIpc) is 3.10. The summed E-state index contributed by atoms with van der Waals surface area (Å²) in [5.41, 5.74) is 2.49. The molecule has 0 N–H and O–H groups in total. The highest BCUT2D eigenvalue weighted by Gasteiger charge is 2.57. The minimum Gasteiger partial charge on any atom is -0.263 e. The molecule has 2 nitrogen and oxygen atoms in total. The van der Waals surface area contributed by atoms with Crippen LogP contribution in [0.5, 0.6) is 0 Å². The van der Waals surface area contributed by atoms with Crippen LogP contribution in [0.3, 0.4) is 0 Å². The molecule has 0 saturated heterocycles. The third-order valence-corrected chi connectivity index (χ3v) is 10.5. The maximum atomic E-state index is 9.22. The molecule has 4 aliphatic rings. The molecular formula is C28H40N2. The van der Waals surface area contributed by atoms with Crippen LogP contribution >= 0.6 is 0 Å². The second kappa shape index (κ2) is 7.96. The van der Waals surface area contributed by atoms with Crippen molar-refractivity contribution in [2.45, 2.75) is 85.0 Å². The molecule has 0 amide bonds. The molecule has 0 aromatic carbocycles. The normalized spacial score (nSPS) is 43.7. The number of rotatable bonds is 3. The van der Waals surface area contributed by atoms with E-state index in [0.717, 1.165) is 47.8 Å². The Hall–Kier alpha value is -1.36. The summed E-state index contributed by atoms with van der Waals surface area (Å²) in [5, 5.41) is 9.22. The molecule has 0 bridgehead atoms. The Kier molecular flexibility index (Phi) is 5.45. The smallest absolute Gasteiger partial charge is 0.101 e. The molecule has 162 valence electrons. The molecule has 1 aromatic heterocycles. The zero-order valence-electron chi connectivity index (χ0n) is 19.3. The Labute approximate surface area is 183 Å². The Morgan fingerprint density at radius 1 is 1.07 bits per heavy atom. The minimum atomic E-state index is 0.537. The van der Waals surface area contributed by atoms with Gasteiger partial charge < -0.3 is 0 Å². The molecule has 4 fully saturated rings. The van der Waals surface area contributed by atoms with E-state index >= 15 is 0 Å². The van der Waals surface area contributed by atoms with Crippen LogP contribution in [0.2, 0.25) is 0 Å². The van der Waals surface area contributed by atoms with Gasteiger partial charge in [-0.05, 0) is 122 Å². The third-order valence-electron chi connectivity index (χ3n) is 10.5. The van der Waals surface area contributed by atoms with Crippen molar-refractivity contribution in [3.8, 4) is 6.07 Å². The van der Waals surface area contributed by atoms with Gasteiger partial charge in [0.1, 0.15) is 6.07 Å². The SMILES string of the molecule is C[C@H]1CC[C@@H]2C3CC[C@@]4(C)C(CCC4[C@@H](C)Cc4cncc(C#N)c4)[C@@H]3CC[C@@H]2C1. The lowest BCUT2D eigenvalue weighted by atomic mass is 9.48. The van der Waals surface area contributed by atoms with Gasteiger partial charge in [-0.3, -0.25) is 4.98 Å². The number of hydrogen-bond acceptors (Lipinski definition) is 2. The fourth-order valence-corrected chi connectivity index (χ4v) is 9.24. The molecular weight excluding hydrogens is 364 g/mol. The van der Waals surface area contributed by atoms with E-state index in [2.05, 4.69) is 37.9 Å². The van der Waals surface area contributed by atoms with Gasteiger partial charge >= 0.3 is 0 Å². The Morgan fingerprint density at radius 3 is 2.73 bits per heavy atom. The standard InChI is InChI=1S/C28H40N2/c1-18-4-6-23-22(12-18)5-7-25-24(23)10-11-28(3)26(8-9-27(25)28)19(2)13-20-14-21(15-29)17-30-16-20/h14,16-19,22-27H,4-13H2,1-3H3/t18-,19-,22+,23-,24?,25+,26?,27?,28+/m0/s1. The molecule has 4 aliphatic carbocycles. The summed E-state index contributed by atoms with van der Waals surface area (Å²) in [5.74, 6) is 7.61. The molecule has 2 heteroatoms. The molecule has 0 aliphatic heterocycles. The number of aromatic nitrogens is 1.